The van der Waals surface area contributed by atoms with Gasteiger partial charge in [0.15, 0.2) is 0 Å². The first kappa shape index (κ1) is 9.05. The van der Waals surface area contributed by atoms with Crippen molar-refractivity contribution in [1.82, 2.24) is 0 Å². The summed E-state index contributed by atoms with van der Waals surface area (Å²) in [6.45, 7) is 0. The van der Waals surface area contributed by atoms with Gasteiger partial charge < -0.3 is 10.8 Å². The second kappa shape index (κ2) is 4.10. The Morgan fingerprint density at radius 3 is 3.08 bits per heavy atom. The van der Waals surface area contributed by atoms with E-state index in [2.05, 4.69) is 5.92 Å². The Hall–Kier alpha value is -1.04. The van der Waals surface area contributed by atoms with Crippen LogP contribution in [0.1, 0.15) is 12.8 Å². The van der Waals surface area contributed by atoms with Crippen LogP contribution in [0.5, 0.6) is 0 Å². The van der Waals surface area contributed by atoms with Gasteiger partial charge in [-0.1, -0.05) is 18.2 Å². The molecule has 0 aromatic heterocycles. The number of aliphatic hydroxyl groups excluding tert-OH is 1. The Bertz CT molecular complexity index is 247. The van der Waals surface area contributed by atoms with Gasteiger partial charge in [-0.05, 0) is 12.0 Å². The van der Waals surface area contributed by atoms with Crippen molar-refractivity contribution < 1.29 is 5.11 Å². The van der Waals surface area contributed by atoms with Gasteiger partial charge in [0.05, 0.1) is 6.10 Å². The van der Waals surface area contributed by atoms with Crippen LogP contribution in [0.25, 0.3) is 0 Å². The number of rotatable bonds is 2. The third-order valence-corrected chi connectivity index (χ3v) is 1.86. The lowest BCUT2D eigenvalue weighted by atomic mass is 9.98. The van der Waals surface area contributed by atoms with Crippen LogP contribution in [-0.2, 0) is 0 Å². The second-order valence-corrected chi connectivity index (χ2v) is 2.89. The summed E-state index contributed by atoms with van der Waals surface area (Å²) < 4.78 is 0. The molecule has 2 unspecified atom stereocenters. The fourth-order valence-corrected chi connectivity index (χ4v) is 1.13. The molecule has 0 amide bonds. The maximum Gasteiger partial charge on any atom is 0.0895 e. The molecule has 12 heavy (non-hydrogen) atoms. The fraction of sp³-hybridized carbons (Fsp3) is 0.400. The zero-order valence-corrected chi connectivity index (χ0v) is 6.90. The molecular formula is C10H13NO. The first-order chi connectivity index (χ1) is 5.74. The zero-order chi connectivity index (χ0) is 8.97. The van der Waals surface area contributed by atoms with Gasteiger partial charge in [0.2, 0.25) is 0 Å². The summed E-state index contributed by atoms with van der Waals surface area (Å²) in [4.78, 5) is 0. The van der Waals surface area contributed by atoms with E-state index in [0.717, 1.165) is 12.0 Å². The Kier molecular flexibility index (Phi) is 3.09. The monoisotopic (exact) mass is 163 g/mol. The maximum atomic E-state index is 9.46. The molecule has 0 heterocycles. The first-order valence-electron chi connectivity index (χ1n) is 3.99. The molecule has 2 atom stereocenters. The fourth-order valence-electron chi connectivity index (χ4n) is 1.13. The van der Waals surface area contributed by atoms with Crippen molar-refractivity contribution in [1.29, 1.82) is 0 Å². The van der Waals surface area contributed by atoms with Gasteiger partial charge in [0.25, 0.3) is 0 Å². The van der Waals surface area contributed by atoms with Crippen molar-refractivity contribution in [2.24, 2.45) is 5.73 Å². The molecule has 0 fully saturated rings. The summed E-state index contributed by atoms with van der Waals surface area (Å²) in [5.41, 5.74) is 6.50. The van der Waals surface area contributed by atoms with E-state index in [1.54, 1.807) is 0 Å². The Morgan fingerprint density at radius 1 is 1.83 bits per heavy atom. The van der Waals surface area contributed by atoms with Gasteiger partial charge >= 0.3 is 0 Å². The highest BCUT2D eigenvalue weighted by Crippen LogP contribution is 2.14. The van der Waals surface area contributed by atoms with Crippen LogP contribution in [0.3, 0.4) is 0 Å². The van der Waals surface area contributed by atoms with E-state index in [1.165, 1.54) is 0 Å². The minimum absolute atomic E-state index is 0.0896. The SMILES string of the molecule is C#CCC(O)C1=CCC(N)C=C1. The van der Waals surface area contributed by atoms with E-state index in [9.17, 15) is 5.11 Å². The molecule has 0 aromatic rings. The Labute approximate surface area is 72.8 Å². The van der Waals surface area contributed by atoms with Crippen molar-refractivity contribution in [3.05, 3.63) is 23.8 Å². The smallest absolute Gasteiger partial charge is 0.0895 e. The van der Waals surface area contributed by atoms with E-state index in [4.69, 9.17) is 12.2 Å². The summed E-state index contributed by atoms with van der Waals surface area (Å²) in [5.74, 6) is 2.42. The van der Waals surface area contributed by atoms with E-state index in [-0.39, 0.29) is 6.04 Å². The van der Waals surface area contributed by atoms with Gasteiger partial charge in [0, 0.05) is 12.5 Å². The molecule has 0 saturated carbocycles. The average Bonchev–Trinajstić information content (AvgIpc) is 2.06. The molecule has 0 saturated heterocycles. The maximum absolute atomic E-state index is 9.46. The van der Waals surface area contributed by atoms with Gasteiger partial charge in [0.1, 0.15) is 0 Å². The summed E-state index contributed by atoms with van der Waals surface area (Å²) in [7, 11) is 0. The lowest BCUT2D eigenvalue weighted by Crippen LogP contribution is -2.20. The average molecular weight is 163 g/mol. The highest BCUT2D eigenvalue weighted by Gasteiger charge is 2.10. The Morgan fingerprint density at radius 2 is 2.58 bits per heavy atom. The molecule has 3 N–H and O–H groups in total. The number of hydrogen-bond donors (Lipinski definition) is 2. The predicted molar refractivity (Wildman–Crippen MR) is 49.3 cm³/mol. The van der Waals surface area contributed by atoms with Crippen LogP contribution < -0.4 is 5.73 Å². The molecule has 0 aromatic carbocycles. The van der Waals surface area contributed by atoms with Crippen molar-refractivity contribution in [3.8, 4) is 12.3 Å². The Balaban J connectivity index is 2.55. The van der Waals surface area contributed by atoms with Crippen LogP contribution >= 0.6 is 0 Å². The molecule has 2 nitrogen and oxygen atoms in total. The van der Waals surface area contributed by atoms with E-state index < -0.39 is 6.10 Å². The minimum Gasteiger partial charge on any atom is -0.387 e. The molecule has 0 bridgehead atoms. The summed E-state index contributed by atoms with van der Waals surface area (Å²) in [5, 5.41) is 9.46. The van der Waals surface area contributed by atoms with Gasteiger partial charge in [-0.2, -0.15) is 0 Å². The van der Waals surface area contributed by atoms with E-state index in [0.29, 0.717) is 6.42 Å². The highest BCUT2D eigenvalue weighted by atomic mass is 16.3. The molecule has 2 heteroatoms. The molecular weight excluding hydrogens is 150 g/mol. The molecule has 1 aliphatic carbocycles. The predicted octanol–water partition coefficient (Wildman–Crippen LogP) is 0.584. The topological polar surface area (TPSA) is 46.2 Å². The van der Waals surface area contributed by atoms with Crippen molar-refractivity contribution in [2.45, 2.75) is 25.0 Å². The van der Waals surface area contributed by atoms with Gasteiger partial charge in [-0.15, -0.1) is 12.3 Å². The van der Waals surface area contributed by atoms with E-state index in [1.807, 2.05) is 18.2 Å². The van der Waals surface area contributed by atoms with Crippen molar-refractivity contribution in [3.63, 3.8) is 0 Å². The van der Waals surface area contributed by atoms with Gasteiger partial charge in [-0.3, -0.25) is 0 Å². The third kappa shape index (κ3) is 2.23. The number of nitrogens with two attached hydrogens (primary N) is 1. The summed E-state index contributed by atoms with van der Waals surface area (Å²) in [6.07, 6.45) is 11.4. The quantitative estimate of drug-likeness (QED) is 0.585. The number of aliphatic hydroxyl groups is 1. The molecule has 0 spiro atoms. The van der Waals surface area contributed by atoms with Crippen molar-refractivity contribution in [2.75, 3.05) is 0 Å². The molecule has 0 aliphatic heterocycles. The lowest BCUT2D eigenvalue weighted by molar-refractivity contribution is 0.219. The zero-order valence-electron chi connectivity index (χ0n) is 6.90. The molecule has 0 radical (unpaired) electrons. The standard InChI is InChI=1S/C10H13NO/c1-2-3-10(12)8-4-6-9(11)7-5-8/h1,4-6,9-10,12H,3,7,11H2. The number of hydrogen-bond acceptors (Lipinski definition) is 2. The van der Waals surface area contributed by atoms with E-state index >= 15 is 0 Å². The third-order valence-electron chi connectivity index (χ3n) is 1.86. The minimum atomic E-state index is -0.529. The van der Waals surface area contributed by atoms with Crippen LogP contribution in [0.15, 0.2) is 23.8 Å². The first-order valence-corrected chi connectivity index (χ1v) is 3.99. The van der Waals surface area contributed by atoms with Crippen LogP contribution in [-0.4, -0.2) is 17.3 Å². The van der Waals surface area contributed by atoms with Crippen LogP contribution in [0.2, 0.25) is 0 Å². The highest BCUT2D eigenvalue weighted by molar-refractivity contribution is 5.29. The summed E-state index contributed by atoms with van der Waals surface area (Å²) in [6, 6.07) is 0.0896. The normalized spacial score (nSPS) is 24.4. The van der Waals surface area contributed by atoms with Crippen LogP contribution in [0.4, 0.5) is 0 Å². The second-order valence-electron chi connectivity index (χ2n) is 2.89. The summed E-state index contributed by atoms with van der Waals surface area (Å²) >= 11 is 0. The largest absolute Gasteiger partial charge is 0.387 e. The number of terminal acetylenes is 1. The van der Waals surface area contributed by atoms with Gasteiger partial charge in [-0.25, -0.2) is 0 Å². The molecule has 1 aliphatic rings. The lowest BCUT2D eigenvalue weighted by Gasteiger charge is -2.14. The van der Waals surface area contributed by atoms with Crippen LogP contribution in [0, 0.1) is 12.3 Å². The molecule has 64 valence electrons. The van der Waals surface area contributed by atoms with Crippen molar-refractivity contribution >= 4 is 0 Å². The molecule has 1 rings (SSSR count).